The molecule has 1 rings (SSSR count). The minimum Gasteiger partial charge on any atom is -0.389 e. The summed E-state index contributed by atoms with van der Waals surface area (Å²) in [6.45, 7) is 8.05. The quantitative estimate of drug-likeness (QED) is 0.757. The van der Waals surface area contributed by atoms with Gasteiger partial charge in [0.05, 0.1) is 5.60 Å². The van der Waals surface area contributed by atoms with Crippen LogP contribution in [-0.4, -0.2) is 60.8 Å². The van der Waals surface area contributed by atoms with E-state index >= 15 is 0 Å². The van der Waals surface area contributed by atoms with E-state index in [0.29, 0.717) is 0 Å². The summed E-state index contributed by atoms with van der Waals surface area (Å²) in [4.78, 5) is 4.66. The van der Waals surface area contributed by atoms with Crippen LogP contribution in [0.5, 0.6) is 0 Å². The predicted octanol–water partition coefficient (Wildman–Crippen LogP) is 1.03. The van der Waals surface area contributed by atoms with Gasteiger partial charge in [-0.25, -0.2) is 0 Å². The van der Waals surface area contributed by atoms with Gasteiger partial charge in [0, 0.05) is 19.6 Å². The highest BCUT2D eigenvalue weighted by Gasteiger charge is 2.21. The van der Waals surface area contributed by atoms with Gasteiger partial charge in [-0.15, -0.1) is 0 Å². The first kappa shape index (κ1) is 12.9. The van der Waals surface area contributed by atoms with Crippen molar-refractivity contribution in [1.29, 1.82) is 0 Å². The summed E-state index contributed by atoms with van der Waals surface area (Å²) in [6.07, 6.45) is 2.65. The lowest BCUT2D eigenvalue weighted by Gasteiger charge is -2.34. The second-order valence-electron chi connectivity index (χ2n) is 5.78. The minimum atomic E-state index is -0.574. The molecule has 3 heteroatoms. The normalized spacial score (nSPS) is 24.8. The van der Waals surface area contributed by atoms with Crippen LogP contribution in [0.25, 0.3) is 0 Å². The summed E-state index contributed by atoms with van der Waals surface area (Å²) in [5.41, 5.74) is -0.574. The molecular formula is C12H26N2O. The van der Waals surface area contributed by atoms with Crippen LogP contribution in [-0.2, 0) is 0 Å². The van der Waals surface area contributed by atoms with Crippen molar-refractivity contribution < 1.29 is 5.11 Å². The zero-order chi connectivity index (χ0) is 11.5. The highest BCUT2D eigenvalue weighted by atomic mass is 16.3. The van der Waals surface area contributed by atoms with Crippen molar-refractivity contribution in [1.82, 2.24) is 9.80 Å². The smallest absolute Gasteiger partial charge is 0.0718 e. The molecule has 1 heterocycles. The van der Waals surface area contributed by atoms with E-state index < -0.39 is 5.60 Å². The number of rotatable bonds is 4. The molecule has 0 unspecified atom stereocenters. The van der Waals surface area contributed by atoms with Gasteiger partial charge >= 0.3 is 0 Å². The van der Waals surface area contributed by atoms with E-state index in [4.69, 9.17) is 0 Å². The first-order valence-electron chi connectivity index (χ1n) is 5.96. The molecule has 90 valence electrons. The second kappa shape index (κ2) is 5.28. The van der Waals surface area contributed by atoms with Gasteiger partial charge in [-0.2, -0.15) is 0 Å². The zero-order valence-corrected chi connectivity index (χ0v) is 10.7. The van der Waals surface area contributed by atoms with Crippen molar-refractivity contribution in [3.63, 3.8) is 0 Å². The Morgan fingerprint density at radius 1 is 1.47 bits per heavy atom. The summed E-state index contributed by atoms with van der Waals surface area (Å²) in [5.74, 6) is 0.774. The van der Waals surface area contributed by atoms with Crippen molar-refractivity contribution in [2.45, 2.75) is 32.3 Å². The lowest BCUT2D eigenvalue weighted by atomic mass is 9.97. The average molecular weight is 214 g/mol. The van der Waals surface area contributed by atoms with Gasteiger partial charge in [0.15, 0.2) is 0 Å². The Labute approximate surface area is 94.1 Å². The van der Waals surface area contributed by atoms with Crippen LogP contribution >= 0.6 is 0 Å². The third kappa shape index (κ3) is 5.50. The van der Waals surface area contributed by atoms with Crippen LogP contribution in [0.15, 0.2) is 0 Å². The van der Waals surface area contributed by atoms with Crippen molar-refractivity contribution in [2.75, 3.05) is 40.3 Å². The summed E-state index contributed by atoms with van der Waals surface area (Å²) in [5, 5.41) is 9.72. The zero-order valence-electron chi connectivity index (χ0n) is 10.7. The van der Waals surface area contributed by atoms with Crippen molar-refractivity contribution in [3.05, 3.63) is 0 Å². The third-order valence-corrected chi connectivity index (χ3v) is 2.95. The van der Waals surface area contributed by atoms with E-state index in [9.17, 15) is 5.11 Å². The van der Waals surface area contributed by atoms with Gasteiger partial charge in [-0.1, -0.05) is 0 Å². The van der Waals surface area contributed by atoms with Gasteiger partial charge in [0.2, 0.25) is 0 Å². The van der Waals surface area contributed by atoms with Gasteiger partial charge in [-0.3, -0.25) is 0 Å². The number of hydrogen-bond acceptors (Lipinski definition) is 3. The number of hydrogen-bond donors (Lipinski definition) is 1. The molecule has 0 saturated carbocycles. The Morgan fingerprint density at radius 2 is 2.13 bits per heavy atom. The number of piperidine rings is 1. The summed E-state index contributed by atoms with van der Waals surface area (Å²) in [6, 6.07) is 0. The fourth-order valence-corrected chi connectivity index (χ4v) is 2.59. The predicted molar refractivity (Wildman–Crippen MR) is 64.0 cm³/mol. The molecule has 1 fully saturated rings. The number of nitrogens with zero attached hydrogens (tertiary/aromatic N) is 2. The van der Waals surface area contributed by atoms with E-state index in [1.165, 1.54) is 25.9 Å². The maximum absolute atomic E-state index is 9.72. The molecule has 0 spiro atoms. The highest BCUT2D eigenvalue weighted by Crippen LogP contribution is 2.16. The fourth-order valence-electron chi connectivity index (χ4n) is 2.59. The van der Waals surface area contributed by atoms with E-state index in [1.54, 1.807) is 0 Å². The molecule has 0 aromatic rings. The average Bonchev–Trinajstić information content (AvgIpc) is 1.99. The Hall–Kier alpha value is -0.120. The first-order chi connectivity index (χ1) is 6.87. The molecule has 0 bridgehead atoms. The number of likely N-dealkylation sites (tertiary alicyclic amines) is 1. The maximum Gasteiger partial charge on any atom is 0.0718 e. The lowest BCUT2D eigenvalue weighted by molar-refractivity contribution is 0.0358. The monoisotopic (exact) mass is 214 g/mol. The summed E-state index contributed by atoms with van der Waals surface area (Å²) in [7, 11) is 4.30. The van der Waals surface area contributed by atoms with E-state index in [-0.39, 0.29) is 0 Å². The van der Waals surface area contributed by atoms with Crippen LogP contribution in [0, 0.1) is 5.92 Å². The molecule has 1 aliphatic rings. The number of likely N-dealkylation sites (N-methyl/N-ethyl adjacent to an activating group) is 1. The topological polar surface area (TPSA) is 26.7 Å². The fraction of sp³-hybridized carbons (Fsp3) is 1.00. The Morgan fingerprint density at radius 3 is 2.67 bits per heavy atom. The molecule has 0 aromatic carbocycles. The molecule has 0 radical (unpaired) electrons. The van der Waals surface area contributed by atoms with Gasteiger partial charge < -0.3 is 14.9 Å². The van der Waals surface area contributed by atoms with Crippen LogP contribution in [0.1, 0.15) is 26.7 Å². The van der Waals surface area contributed by atoms with Crippen LogP contribution in [0.3, 0.4) is 0 Å². The SMILES string of the molecule is CN1CCC[C@@H](CN(C)CC(C)(C)O)C1. The summed E-state index contributed by atoms with van der Waals surface area (Å²) < 4.78 is 0. The first-order valence-corrected chi connectivity index (χ1v) is 5.96. The maximum atomic E-state index is 9.72. The van der Waals surface area contributed by atoms with Crippen LogP contribution < -0.4 is 0 Å². The molecule has 0 amide bonds. The standard InChI is InChI=1S/C12H26N2O/c1-12(2,15)10-14(4)9-11-6-5-7-13(3)8-11/h11,15H,5-10H2,1-4H3/t11-/m1/s1. The number of aliphatic hydroxyl groups is 1. The second-order valence-corrected chi connectivity index (χ2v) is 5.78. The van der Waals surface area contributed by atoms with Crippen molar-refractivity contribution >= 4 is 0 Å². The largest absolute Gasteiger partial charge is 0.389 e. The molecule has 1 N–H and O–H groups in total. The molecule has 1 atom stereocenters. The van der Waals surface area contributed by atoms with E-state index in [0.717, 1.165) is 19.0 Å². The van der Waals surface area contributed by atoms with Gasteiger partial charge in [0.25, 0.3) is 0 Å². The van der Waals surface area contributed by atoms with Crippen molar-refractivity contribution in [2.24, 2.45) is 5.92 Å². The molecule has 0 aromatic heterocycles. The molecule has 1 aliphatic heterocycles. The van der Waals surface area contributed by atoms with E-state index in [2.05, 4.69) is 23.9 Å². The van der Waals surface area contributed by atoms with Crippen LogP contribution in [0.2, 0.25) is 0 Å². The minimum absolute atomic E-state index is 0.574. The Balaban J connectivity index is 2.28. The summed E-state index contributed by atoms with van der Waals surface area (Å²) >= 11 is 0. The van der Waals surface area contributed by atoms with Gasteiger partial charge in [-0.05, 0) is 53.2 Å². The Bertz CT molecular complexity index is 189. The van der Waals surface area contributed by atoms with E-state index in [1.807, 2.05) is 13.8 Å². The molecule has 15 heavy (non-hydrogen) atoms. The van der Waals surface area contributed by atoms with Crippen LogP contribution in [0.4, 0.5) is 0 Å². The molecule has 3 nitrogen and oxygen atoms in total. The molecular weight excluding hydrogens is 188 g/mol. The highest BCUT2D eigenvalue weighted by molar-refractivity contribution is 4.76. The Kier molecular flexibility index (Phi) is 4.56. The third-order valence-electron chi connectivity index (χ3n) is 2.95. The van der Waals surface area contributed by atoms with Crippen molar-refractivity contribution in [3.8, 4) is 0 Å². The van der Waals surface area contributed by atoms with Gasteiger partial charge in [0.1, 0.15) is 0 Å². The lowest BCUT2D eigenvalue weighted by Crippen LogP contribution is -2.42. The molecule has 1 saturated heterocycles. The molecule has 0 aliphatic carbocycles.